The van der Waals surface area contributed by atoms with Gasteiger partial charge in [0.1, 0.15) is 19.0 Å². The first kappa shape index (κ1) is 16.5. The second-order valence-electron chi connectivity index (χ2n) is 7.15. The number of amides is 1. The zero-order valence-corrected chi connectivity index (χ0v) is 14.3. The molecule has 2 aromatic rings. The van der Waals surface area contributed by atoms with Crippen molar-refractivity contribution in [2.45, 2.75) is 13.5 Å². The minimum atomic E-state index is -0.286. The van der Waals surface area contributed by atoms with Crippen molar-refractivity contribution in [1.29, 1.82) is 0 Å². The topological polar surface area (TPSA) is 87.7 Å². The predicted molar refractivity (Wildman–Crippen MR) is 90.9 cm³/mol. The molecule has 25 heavy (non-hydrogen) atoms. The lowest BCUT2D eigenvalue weighted by Gasteiger charge is -2.24. The number of imidazole rings is 1. The summed E-state index contributed by atoms with van der Waals surface area (Å²) in [7, 11) is 0. The lowest BCUT2D eigenvalue weighted by Crippen LogP contribution is -2.37. The fourth-order valence-corrected chi connectivity index (χ4v) is 3.87. The molecule has 3 heterocycles. The molecule has 1 aromatic heterocycles. The SMILES string of the molecule is Cc1cccc2[nH]c(COCC(=O)N3C[C@H]4COC[C@@]4(CO)C3)nc12. The second kappa shape index (κ2) is 6.40. The number of fused-ring (bicyclic) bond motifs is 2. The van der Waals surface area contributed by atoms with E-state index in [1.807, 2.05) is 25.1 Å². The van der Waals surface area contributed by atoms with Crippen LogP contribution in [-0.4, -0.2) is 65.4 Å². The maximum atomic E-state index is 12.4. The number of aromatic amines is 1. The Labute approximate surface area is 145 Å². The van der Waals surface area contributed by atoms with E-state index in [9.17, 15) is 9.90 Å². The van der Waals surface area contributed by atoms with E-state index in [0.29, 0.717) is 26.3 Å². The molecule has 0 radical (unpaired) electrons. The van der Waals surface area contributed by atoms with Crippen LogP contribution in [0.1, 0.15) is 11.4 Å². The highest BCUT2D eigenvalue weighted by Gasteiger charge is 2.51. The van der Waals surface area contributed by atoms with Gasteiger partial charge in [-0.05, 0) is 18.6 Å². The summed E-state index contributed by atoms with van der Waals surface area (Å²) in [4.78, 5) is 21.9. The highest BCUT2D eigenvalue weighted by atomic mass is 16.5. The molecule has 2 aliphatic rings. The van der Waals surface area contributed by atoms with Gasteiger partial charge in [-0.1, -0.05) is 12.1 Å². The Morgan fingerprint density at radius 3 is 3.20 bits per heavy atom. The molecule has 7 nitrogen and oxygen atoms in total. The number of H-pyrrole nitrogens is 1. The first-order valence-electron chi connectivity index (χ1n) is 8.60. The fourth-order valence-electron chi connectivity index (χ4n) is 3.87. The van der Waals surface area contributed by atoms with Crippen LogP contribution in [-0.2, 0) is 20.9 Å². The predicted octanol–water partition coefficient (Wildman–Crippen LogP) is 0.855. The van der Waals surface area contributed by atoms with E-state index in [1.165, 1.54) is 0 Å². The number of hydrogen-bond acceptors (Lipinski definition) is 5. The second-order valence-corrected chi connectivity index (χ2v) is 7.15. The number of carbonyl (C=O) groups is 1. The molecule has 0 unspecified atom stereocenters. The van der Waals surface area contributed by atoms with E-state index in [1.54, 1.807) is 4.90 Å². The van der Waals surface area contributed by atoms with Gasteiger partial charge >= 0.3 is 0 Å². The summed E-state index contributed by atoms with van der Waals surface area (Å²) in [5.41, 5.74) is 2.73. The van der Waals surface area contributed by atoms with Gasteiger partial charge in [0, 0.05) is 24.4 Å². The van der Waals surface area contributed by atoms with Gasteiger partial charge in [0.05, 0.1) is 30.9 Å². The van der Waals surface area contributed by atoms with E-state index in [0.717, 1.165) is 22.4 Å². The maximum Gasteiger partial charge on any atom is 0.248 e. The Kier molecular flexibility index (Phi) is 4.23. The lowest BCUT2D eigenvalue weighted by atomic mass is 9.82. The van der Waals surface area contributed by atoms with Gasteiger partial charge in [-0.2, -0.15) is 0 Å². The van der Waals surface area contributed by atoms with Gasteiger partial charge in [-0.15, -0.1) is 0 Å². The normalized spacial score (nSPS) is 25.7. The summed E-state index contributed by atoms with van der Waals surface area (Å²) in [6.07, 6.45) is 0. The molecule has 2 saturated heterocycles. The molecule has 0 saturated carbocycles. The first-order chi connectivity index (χ1) is 12.1. The van der Waals surface area contributed by atoms with Crippen LogP contribution in [0.15, 0.2) is 18.2 Å². The third-order valence-corrected chi connectivity index (χ3v) is 5.42. The van der Waals surface area contributed by atoms with Crippen molar-refractivity contribution >= 4 is 16.9 Å². The summed E-state index contributed by atoms with van der Waals surface area (Å²) in [5, 5.41) is 9.68. The molecule has 134 valence electrons. The molecule has 1 amide bonds. The standard InChI is InChI=1S/C18H23N3O4/c1-12-3-2-4-14-17(12)20-15(19-14)7-24-8-16(23)21-5-13-6-25-11-18(13,9-21)10-22/h2-4,13,22H,5-11H2,1H3,(H,19,20)/t13-,18-/m0/s1. The summed E-state index contributed by atoms with van der Waals surface area (Å²) in [6, 6.07) is 5.97. The van der Waals surface area contributed by atoms with Crippen molar-refractivity contribution in [3.63, 3.8) is 0 Å². The number of aliphatic hydroxyl groups is 1. The number of ether oxygens (including phenoxy) is 2. The molecular formula is C18H23N3O4. The maximum absolute atomic E-state index is 12.4. The molecule has 2 aliphatic heterocycles. The third kappa shape index (κ3) is 2.92. The molecule has 0 spiro atoms. The van der Waals surface area contributed by atoms with Crippen molar-refractivity contribution in [1.82, 2.24) is 14.9 Å². The average molecular weight is 345 g/mol. The Balaban J connectivity index is 1.32. The highest BCUT2D eigenvalue weighted by Crippen LogP contribution is 2.40. The lowest BCUT2D eigenvalue weighted by molar-refractivity contribution is -0.136. The molecule has 2 fully saturated rings. The van der Waals surface area contributed by atoms with Crippen LogP contribution in [0.2, 0.25) is 0 Å². The van der Waals surface area contributed by atoms with Gasteiger partial charge in [-0.3, -0.25) is 4.79 Å². The van der Waals surface area contributed by atoms with Crippen molar-refractivity contribution < 1.29 is 19.4 Å². The third-order valence-electron chi connectivity index (χ3n) is 5.42. The number of benzene rings is 1. The number of nitrogens with one attached hydrogen (secondary N) is 1. The van der Waals surface area contributed by atoms with Gasteiger partial charge in [0.2, 0.25) is 5.91 Å². The van der Waals surface area contributed by atoms with E-state index in [-0.39, 0.29) is 37.1 Å². The zero-order valence-electron chi connectivity index (χ0n) is 14.3. The Hall–Kier alpha value is -1.96. The van der Waals surface area contributed by atoms with Crippen LogP contribution in [0, 0.1) is 18.3 Å². The van der Waals surface area contributed by atoms with E-state index < -0.39 is 0 Å². The van der Waals surface area contributed by atoms with Crippen LogP contribution < -0.4 is 0 Å². The van der Waals surface area contributed by atoms with E-state index in [2.05, 4.69) is 9.97 Å². The van der Waals surface area contributed by atoms with Crippen LogP contribution in [0.25, 0.3) is 11.0 Å². The number of carbonyl (C=O) groups excluding carboxylic acids is 1. The Bertz CT molecular complexity index is 790. The summed E-state index contributed by atoms with van der Waals surface area (Å²) >= 11 is 0. The van der Waals surface area contributed by atoms with Crippen molar-refractivity contribution in [2.75, 3.05) is 39.5 Å². The average Bonchev–Trinajstić information content (AvgIpc) is 3.26. The van der Waals surface area contributed by atoms with Crippen LogP contribution in [0.3, 0.4) is 0 Å². The van der Waals surface area contributed by atoms with Crippen molar-refractivity contribution in [3.05, 3.63) is 29.6 Å². The summed E-state index contributed by atoms with van der Waals surface area (Å²) in [6.45, 7) is 4.67. The molecule has 2 atom stereocenters. The van der Waals surface area contributed by atoms with E-state index >= 15 is 0 Å². The number of aliphatic hydroxyl groups excluding tert-OH is 1. The summed E-state index contributed by atoms with van der Waals surface area (Å²) < 4.78 is 11.0. The Morgan fingerprint density at radius 2 is 2.44 bits per heavy atom. The number of aromatic nitrogens is 2. The molecule has 1 aromatic carbocycles. The summed E-state index contributed by atoms with van der Waals surface area (Å²) in [5.74, 6) is 0.893. The number of aryl methyl sites for hydroxylation is 1. The monoisotopic (exact) mass is 345 g/mol. The molecule has 0 aliphatic carbocycles. The largest absolute Gasteiger partial charge is 0.396 e. The molecule has 2 N–H and O–H groups in total. The number of rotatable bonds is 5. The quantitative estimate of drug-likeness (QED) is 0.839. The van der Waals surface area contributed by atoms with Gasteiger partial charge in [-0.25, -0.2) is 4.98 Å². The molecule has 4 rings (SSSR count). The molecule has 7 heteroatoms. The number of likely N-dealkylation sites (tertiary alicyclic amines) is 1. The minimum Gasteiger partial charge on any atom is -0.396 e. The van der Waals surface area contributed by atoms with E-state index in [4.69, 9.17) is 9.47 Å². The van der Waals surface area contributed by atoms with Crippen LogP contribution >= 0.6 is 0 Å². The van der Waals surface area contributed by atoms with Gasteiger partial charge < -0.3 is 24.5 Å². The van der Waals surface area contributed by atoms with Gasteiger partial charge in [0.25, 0.3) is 0 Å². The van der Waals surface area contributed by atoms with Crippen LogP contribution in [0.5, 0.6) is 0 Å². The minimum absolute atomic E-state index is 0.0190. The first-order valence-corrected chi connectivity index (χ1v) is 8.60. The van der Waals surface area contributed by atoms with Gasteiger partial charge in [0.15, 0.2) is 0 Å². The van der Waals surface area contributed by atoms with Crippen molar-refractivity contribution in [2.24, 2.45) is 11.3 Å². The number of hydrogen-bond donors (Lipinski definition) is 2. The number of para-hydroxylation sites is 1. The zero-order chi connectivity index (χ0) is 17.4. The van der Waals surface area contributed by atoms with Crippen LogP contribution in [0.4, 0.5) is 0 Å². The fraction of sp³-hybridized carbons (Fsp3) is 0.556. The van der Waals surface area contributed by atoms with Crippen molar-refractivity contribution in [3.8, 4) is 0 Å². The highest BCUT2D eigenvalue weighted by molar-refractivity contribution is 5.79. The Morgan fingerprint density at radius 1 is 1.56 bits per heavy atom. The number of nitrogens with zero attached hydrogens (tertiary/aromatic N) is 2. The molecule has 0 bridgehead atoms. The smallest absolute Gasteiger partial charge is 0.248 e. The molecular weight excluding hydrogens is 322 g/mol.